The number of Topliss-reactive ketones (excluding diaryl/α,β-unsaturated/α-hetero) is 4. The van der Waals surface area contributed by atoms with Crippen LogP contribution in [0.2, 0.25) is 20.1 Å². The Morgan fingerprint density at radius 3 is 1.12 bits per heavy atom. The third-order valence-corrected chi connectivity index (χ3v) is 14.4. The number of benzene rings is 3. The van der Waals surface area contributed by atoms with Crippen molar-refractivity contribution in [2.75, 3.05) is 0 Å². The van der Waals surface area contributed by atoms with Crippen LogP contribution in [0.25, 0.3) is 51.8 Å². The lowest BCUT2D eigenvalue weighted by atomic mass is 10.1. The first-order valence-electron chi connectivity index (χ1n) is 15.6. The largest absolute Gasteiger partial charge is 0.288 e. The van der Waals surface area contributed by atoms with Gasteiger partial charge in [0.05, 0.1) is 34.0 Å². The van der Waals surface area contributed by atoms with Gasteiger partial charge in [0.2, 0.25) is 0 Å². The molecule has 9 rings (SSSR count). The number of carbonyl (C=O) groups is 4. The number of hydrogen-bond acceptors (Lipinski definition) is 8. The zero-order valence-corrected chi connectivity index (χ0v) is 31.0. The Morgan fingerprint density at radius 1 is 0.440 bits per heavy atom. The summed E-state index contributed by atoms with van der Waals surface area (Å²) in [5, 5.41) is 2.79. The minimum atomic E-state index is -0.530. The summed E-state index contributed by atoms with van der Waals surface area (Å²) >= 11 is 30.3. The van der Waals surface area contributed by atoms with E-state index in [4.69, 9.17) is 49.1 Å². The molecule has 4 heterocycles. The summed E-state index contributed by atoms with van der Waals surface area (Å²) < 4.78 is 19.7. The molecule has 7 aromatic rings. The third kappa shape index (κ3) is 5.21. The molecule has 2 aliphatic carbocycles. The molecule has 4 aromatic heterocycles. The molecule has 0 unspecified atom stereocenters. The smallest absolute Gasteiger partial charge is 0.197 e. The van der Waals surface area contributed by atoms with Crippen LogP contribution in [-0.2, 0) is 0 Å². The van der Waals surface area contributed by atoms with E-state index >= 15 is 0 Å². The fraction of sp³-hybridized carbons (Fsp3) is 0. The van der Waals surface area contributed by atoms with Gasteiger partial charge in [-0.3, -0.25) is 19.2 Å². The van der Waals surface area contributed by atoms with E-state index < -0.39 is 23.1 Å². The number of rotatable bonds is 4. The van der Waals surface area contributed by atoms with Crippen molar-refractivity contribution in [2.24, 2.45) is 0 Å². The summed E-state index contributed by atoms with van der Waals surface area (Å²) in [5.41, 5.74) is 0.238. The Hall–Kier alpha value is -3.70. The highest BCUT2D eigenvalue weighted by molar-refractivity contribution is 7.27. The molecule has 3 aromatic carbocycles. The maximum absolute atomic E-state index is 13.1. The minimum Gasteiger partial charge on any atom is -0.288 e. The predicted molar refractivity (Wildman–Crippen MR) is 210 cm³/mol. The highest BCUT2D eigenvalue weighted by atomic mass is 35.5. The molecule has 242 valence electrons. The van der Waals surface area contributed by atoms with E-state index in [9.17, 15) is 19.2 Å². The number of carbonyl (C=O) groups excluding carboxylic acids is 4. The highest BCUT2D eigenvalue weighted by Gasteiger charge is 2.35. The van der Waals surface area contributed by atoms with E-state index in [1.165, 1.54) is 46.9 Å². The molecule has 50 heavy (non-hydrogen) atoms. The zero-order chi connectivity index (χ0) is 36.3. The van der Waals surface area contributed by atoms with Crippen LogP contribution >= 0.6 is 91.8 Å². The Labute approximate surface area is 322 Å². The van der Waals surface area contributed by atoms with E-state index in [0.717, 1.165) is 39.7 Å². The van der Waals surface area contributed by atoms with Crippen LogP contribution in [0.15, 0.2) is 83.9 Å². The molecule has 0 saturated heterocycles. The lowest BCUT2D eigenvalue weighted by Gasteiger charge is -1.98. The molecular weight excluding hydrogens is 790 g/mol. The minimum absolute atomic E-state index is 0.129. The number of ketones is 4. The van der Waals surface area contributed by atoms with E-state index in [0.29, 0.717) is 9.75 Å². The van der Waals surface area contributed by atoms with Crippen molar-refractivity contribution in [3.05, 3.63) is 136 Å². The van der Waals surface area contributed by atoms with Gasteiger partial charge in [-0.05, 0) is 95.7 Å². The molecule has 4 nitrogen and oxygen atoms in total. The zero-order valence-electron chi connectivity index (χ0n) is 26.7. The maximum Gasteiger partial charge on any atom is 0.197 e. The summed E-state index contributed by atoms with van der Waals surface area (Å²) in [4.78, 5) is 57.3. The first-order chi connectivity index (χ1) is 24.9. The molecule has 0 aliphatic heterocycles. The Morgan fingerprint density at radius 2 is 0.780 bits per heavy atom. The van der Waals surface area contributed by atoms with Crippen LogP contribution in [0, 0.1) is 0 Å². The first-order valence-corrected chi connectivity index (χ1v) is 19.4. The molecule has 0 fully saturated rings. The fourth-order valence-corrected chi connectivity index (χ4v) is 10.8. The second-order valence-corrected chi connectivity index (χ2v) is 17.4. The molecular formula is C38H14Cl4O4S4. The molecule has 0 radical (unpaired) electrons. The molecule has 0 atom stereocenters. The van der Waals surface area contributed by atoms with Gasteiger partial charge < -0.3 is 0 Å². The molecule has 2 aliphatic rings. The Bertz CT molecular complexity index is 2580. The second-order valence-electron chi connectivity index (χ2n) is 11.4. The van der Waals surface area contributed by atoms with Crippen molar-refractivity contribution in [2.45, 2.75) is 0 Å². The van der Waals surface area contributed by atoms with Gasteiger partial charge in [0, 0.05) is 60.9 Å². The third-order valence-electron chi connectivity index (χ3n) is 8.36. The number of thiophene rings is 4. The Kier molecular flexibility index (Phi) is 7.16. The van der Waals surface area contributed by atoms with Gasteiger partial charge in [-0.25, -0.2) is 0 Å². The maximum atomic E-state index is 13.1. The average Bonchev–Trinajstić information content (AvgIpc) is 3.96. The van der Waals surface area contributed by atoms with E-state index in [-0.39, 0.29) is 65.6 Å². The number of allylic oxidation sites excluding steroid dienone is 2. The van der Waals surface area contributed by atoms with Gasteiger partial charge in [-0.15, -0.1) is 45.3 Å². The highest BCUT2D eigenvalue weighted by Crippen LogP contribution is 2.44. The van der Waals surface area contributed by atoms with Crippen LogP contribution in [0.4, 0.5) is 0 Å². The SMILES string of the molecule is [2H]C(=C1C(=O)c2cc(Cl)c(Cl)cc2C1=O)c1ccc(-c2cc3cc4sc(-c5ccc(C([2H])=C6C(=O)c7cc(Cl)c(Cl)cc7C6=O)s5)cc4cc3s2)s1. The summed E-state index contributed by atoms with van der Waals surface area (Å²) in [6, 6.07) is 21.0. The molecule has 0 N–H and O–H groups in total. The van der Waals surface area contributed by atoms with Crippen molar-refractivity contribution in [3.63, 3.8) is 0 Å². The summed E-state index contributed by atoms with van der Waals surface area (Å²) in [6.45, 7) is 0. The lowest BCUT2D eigenvalue weighted by Crippen LogP contribution is -1.99. The fourth-order valence-electron chi connectivity index (χ4n) is 5.95. The second kappa shape index (κ2) is 11.9. The van der Waals surface area contributed by atoms with E-state index in [2.05, 4.69) is 24.3 Å². The Balaban J connectivity index is 0.994. The van der Waals surface area contributed by atoms with Gasteiger partial charge in [0.1, 0.15) is 0 Å². The van der Waals surface area contributed by atoms with Crippen molar-refractivity contribution in [3.8, 4) is 19.5 Å². The molecule has 0 spiro atoms. The van der Waals surface area contributed by atoms with E-state index in [1.807, 2.05) is 12.1 Å². The standard InChI is InChI=1S/C38H14Cl4O4S4/c39-25-11-19-20(12-26(25)40)36(44)23(35(19)43)9-17-1-3-29(47-17)33-7-15-5-32-16(6-31(15)49-33)8-34(50-32)30-4-2-18(48-30)10-24-37(45)21-13-27(41)28(42)14-22(21)38(24)46/h1-14H/i9D,10D. The predicted octanol–water partition coefficient (Wildman–Crippen LogP) is 13.1. The van der Waals surface area contributed by atoms with Crippen molar-refractivity contribution >= 4 is 147 Å². The van der Waals surface area contributed by atoms with Gasteiger partial charge in [0.15, 0.2) is 23.1 Å². The monoisotopic (exact) mass is 804 g/mol. The van der Waals surface area contributed by atoms with Gasteiger partial charge in [-0.1, -0.05) is 46.4 Å². The number of halogens is 4. The van der Waals surface area contributed by atoms with Gasteiger partial charge in [0.25, 0.3) is 0 Å². The lowest BCUT2D eigenvalue weighted by molar-refractivity contribution is 0.0975. The molecule has 12 heteroatoms. The van der Waals surface area contributed by atoms with Crippen LogP contribution in [0.5, 0.6) is 0 Å². The average molecular weight is 807 g/mol. The summed E-state index contributed by atoms with van der Waals surface area (Å²) in [5.74, 6) is -2.12. The van der Waals surface area contributed by atoms with Crippen LogP contribution in [0.1, 0.15) is 53.9 Å². The molecule has 0 saturated carbocycles. The summed E-state index contributed by atoms with van der Waals surface area (Å²) in [6.07, 6.45) is 0. The number of fused-ring (bicyclic) bond motifs is 4. The quantitative estimate of drug-likeness (QED) is 0.131. The van der Waals surface area contributed by atoms with Crippen molar-refractivity contribution in [1.29, 1.82) is 0 Å². The number of hydrogen-bond donors (Lipinski definition) is 0. The topological polar surface area (TPSA) is 68.3 Å². The van der Waals surface area contributed by atoms with Crippen molar-refractivity contribution < 1.29 is 21.9 Å². The molecule has 0 amide bonds. The molecule has 0 bridgehead atoms. The van der Waals surface area contributed by atoms with Gasteiger partial charge in [-0.2, -0.15) is 0 Å². The van der Waals surface area contributed by atoms with Crippen molar-refractivity contribution in [1.82, 2.24) is 0 Å². The first kappa shape index (κ1) is 30.0. The normalized spacial score (nSPS) is 14.6. The van der Waals surface area contributed by atoms with E-state index in [1.54, 1.807) is 34.8 Å². The van der Waals surface area contributed by atoms with Crippen LogP contribution < -0.4 is 0 Å². The van der Waals surface area contributed by atoms with Crippen LogP contribution in [0.3, 0.4) is 0 Å². The summed E-state index contributed by atoms with van der Waals surface area (Å²) in [7, 11) is 0. The van der Waals surface area contributed by atoms with Gasteiger partial charge >= 0.3 is 0 Å². The van der Waals surface area contributed by atoms with Crippen LogP contribution in [-0.4, -0.2) is 23.1 Å².